The number of carboxylic acid groups (broad SMARTS) is 1. The number of amides is 1. The average Bonchev–Trinajstić information content (AvgIpc) is 3.09. The molecule has 0 aromatic heterocycles. The molecule has 2 atom stereocenters. The van der Waals surface area contributed by atoms with Crippen molar-refractivity contribution in [1.29, 1.82) is 0 Å². The maximum atomic E-state index is 12.6. The molecule has 1 aliphatic carbocycles. The van der Waals surface area contributed by atoms with E-state index in [4.69, 9.17) is 19.3 Å². The molecule has 2 N–H and O–H groups in total. The van der Waals surface area contributed by atoms with Crippen LogP contribution in [0.2, 0.25) is 0 Å². The molecular weight excluding hydrogens is 454 g/mol. The van der Waals surface area contributed by atoms with Crippen LogP contribution in [0.5, 0.6) is 0 Å². The van der Waals surface area contributed by atoms with Crippen LogP contribution in [-0.2, 0) is 28.6 Å². The molecule has 0 aliphatic heterocycles. The van der Waals surface area contributed by atoms with Gasteiger partial charge >= 0.3 is 24.0 Å². The minimum Gasteiger partial charge on any atom is -0.479 e. The molecule has 9 heteroatoms. The second-order valence-corrected chi connectivity index (χ2v) is 9.23. The van der Waals surface area contributed by atoms with Crippen LogP contribution in [0, 0.1) is 0 Å². The summed E-state index contributed by atoms with van der Waals surface area (Å²) in [4.78, 5) is 48.5. The Kier molecular flexibility index (Phi) is 7.78. The molecular formula is C26H29NO8. The Balaban J connectivity index is 1.69. The second-order valence-electron chi connectivity index (χ2n) is 9.23. The number of hydrogen-bond donors (Lipinski definition) is 2. The minimum atomic E-state index is -1.48. The molecule has 0 saturated heterocycles. The van der Waals surface area contributed by atoms with Crippen molar-refractivity contribution in [2.45, 2.75) is 57.8 Å². The SMILES string of the molecule is C[C@H](OC(=O)[C@H](CC(=O)OC(C)(C)C)NC(=O)OCC1c2ccccc2-c2ccccc21)C(=O)O. The van der Waals surface area contributed by atoms with E-state index >= 15 is 0 Å². The highest BCUT2D eigenvalue weighted by Gasteiger charge is 2.32. The van der Waals surface area contributed by atoms with Crippen molar-refractivity contribution >= 4 is 24.0 Å². The summed E-state index contributed by atoms with van der Waals surface area (Å²) in [6.45, 7) is 6.13. The van der Waals surface area contributed by atoms with Gasteiger partial charge in [0.2, 0.25) is 0 Å². The zero-order valence-electron chi connectivity index (χ0n) is 20.1. The van der Waals surface area contributed by atoms with Gasteiger partial charge in [0, 0.05) is 5.92 Å². The first-order chi connectivity index (χ1) is 16.5. The van der Waals surface area contributed by atoms with Crippen LogP contribution in [0.1, 0.15) is 51.2 Å². The highest BCUT2D eigenvalue weighted by Crippen LogP contribution is 2.44. The van der Waals surface area contributed by atoms with Gasteiger partial charge in [-0.2, -0.15) is 0 Å². The van der Waals surface area contributed by atoms with Crippen molar-refractivity contribution in [3.63, 3.8) is 0 Å². The molecule has 0 bridgehead atoms. The van der Waals surface area contributed by atoms with Crippen molar-refractivity contribution in [1.82, 2.24) is 5.32 Å². The van der Waals surface area contributed by atoms with Gasteiger partial charge in [-0.25, -0.2) is 14.4 Å². The Morgan fingerprint density at radius 3 is 2.03 bits per heavy atom. The molecule has 186 valence electrons. The summed E-state index contributed by atoms with van der Waals surface area (Å²) in [5, 5.41) is 11.3. The summed E-state index contributed by atoms with van der Waals surface area (Å²) in [6, 6.07) is 14.2. The largest absolute Gasteiger partial charge is 0.479 e. The summed E-state index contributed by atoms with van der Waals surface area (Å²) in [5.41, 5.74) is 3.34. The standard InChI is InChI=1S/C26H29NO8/c1-15(23(29)30)34-24(31)21(13-22(28)35-26(2,3)4)27-25(32)33-14-20-18-11-7-5-9-16(18)17-10-6-8-12-19(17)20/h5-12,15,20-21H,13-14H2,1-4H3,(H,27,32)(H,29,30)/t15-,21-/m0/s1. The topological polar surface area (TPSA) is 128 Å². The number of fused-ring (bicyclic) bond motifs is 3. The molecule has 1 aliphatic rings. The lowest BCUT2D eigenvalue weighted by Gasteiger charge is -2.23. The van der Waals surface area contributed by atoms with Crippen LogP contribution in [0.25, 0.3) is 11.1 Å². The number of rotatable bonds is 8. The lowest BCUT2D eigenvalue weighted by molar-refractivity contribution is -0.166. The van der Waals surface area contributed by atoms with Crippen LogP contribution >= 0.6 is 0 Å². The number of alkyl carbamates (subject to hydrolysis) is 1. The van der Waals surface area contributed by atoms with Gasteiger partial charge in [0.15, 0.2) is 6.10 Å². The molecule has 0 spiro atoms. The number of carboxylic acids is 1. The molecule has 0 heterocycles. The van der Waals surface area contributed by atoms with Gasteiger partial charge in [0.05, 0.1) is 6.42 Å². The van der Waals surface area contributed by atoms with Crippen LogP contribution in [0.3, 0.4) is 0 Å². The molecule has 0 saturated carbocycles. The third-order valence-electron chi connectivity index (χ3n) is 5.35. The van der Waals surface area contributed by atoms with Gasteiger partial charge in [-0.05, 0) is 49.9 Å². The third kappa shape index (κ3) is 6.59. The number of esters is 2. The summed E-state index contributed by atoms with van der Waals surface area (Å²) < 4.78 is 15.5. The number of hydrogen-bond acceptors (Lipinski definition) is 7. The maximum Gasteiger partial charge on any atom is 0.407 e. The van der Waals surface area contributed by atoms with Crippen molar-refractivity contribution in [3.8, 4) is 11.1 Å². The fraction of sp³-hybridized carbons (Fsp3) is 0.385. The van der Waals surface area contributed by atoms with Gasteiger partial charge in [-0.15, -0.1) is 0 Å². The number of carbonyl (C=O) groups excluding carboxylic acids is 3. The van der Waals surface area contributed by atoms with E-state index < -0.39 is 48.2 Å². The number of carbonyl (C=O) groups is 4. The molecule has 0 radical (unpaired) electrons. The van der Waals surface area contributed by atoms with Gasteiger partial charge in [0.25, 0.3) is 0 Å². The lowest BCUT2D eigenvalue weighted by Crippen LogP contribution is -2.46. The monoisotopic (exact) mass is 483 g/mol. The number of aliphatic carboxylic acids is 1. The van der Waals surface area contributed by atoms with E-state index in [0.717, 1.165) is 29.2 Å². The van der Waals surface area contributed by atoms with E-state index in [9.17, 15) is 19.2 Å². The van der Waals surface area contributed by atoms with E-state index in [1.807, 2.05) is 48.5 Å². The van der Waals surface area contributed by atoms with Gasteiger partial charge in [-0.3, -0.25) is 4.79 Å². The van der Waals surface area contributed by atoms with Gasteiger partial charge in [0.1, 0.15) is 18.2 Å². The van der Waals surface area contributed by atoms with Crippen molar-refractivity contribution in [2.24, 2.45) is 0 Å². The average molecular weight is 484 g/mol. The molecule has 1 amide bonds. The Morgan fingerprint density at radius 1 is 0.971 bits per heavy atom. The predicted octanol–water partition coefficient (Wildman–Crippen LogP) is 3.64. The first-order valence-electron chi connectivity index (χ1n) is 11.2. The maximum absolute atomic E-state index is 12.6. The quantitative estimate of drug-likeness (QED) is 0.430. The van der Waals surface area contributed by atoms with Gasteiger partial charge < -0.3 is 24.6 Å². The van der Waals surface area contributed by atoms with Crippen LogP contribution < -0.4 is 5.32 Å². The summed E-state index contributed by atoms with van der Waals surface area (Å²) in [6.07, 6.45) is -2.96. The van der Waals surface area contributed by atoms with Crippen molar-refractivity contribution in [3.05, 3.63) is 59.7 Å². The van der Waals surface area contributed by atoms with Crippen LogP contribution in [0.4, 0.5) is 4.79 Å². The Hall–Kier alpha value is -3.88. The van der Waals surface area contributed by atoms with Crippen LogP contribution in [-0.4, -0.2) is 53.5 Å². The summed E-state index contributed by atoms with van der Waals surface area (Å²) >= 11 is 0. The Bertz CT molecular complexity index is 1070. The van der Waals surface area contributed by atoms with E-state index in [1.165, 1.54) is 0 Å². The second kappa shape index (κ2) is 10.6. The summed E-state index contributed by atoms with van der Waals surface area (Å²) in [7, 11) is 0. The Morgan fingerprint density at radius 2 is 1.51 bits per heavy atom. The minimum absolute atomic E-state index is 0.000403. The predicted molar refractivity (Wildman–Crippen MR) is 126 cm³/mol. The van der Waals surface area contributed by atoms with E-state index in [-0.39, 0.29) is 12.5 Å². The first-order valence-corrected chi connectivity index (χ1v) is 11.2. The number of ether oxygens (including phenoxy) is 3. The normalized spacial score (nSPS) is 14.2. The molecule has 2 aromatic rings. The van der Waals surface area contributed by atoms with E-state index in [1.54, 1.807) is 20.8 Å². The molecule has 2 aromatic carbocycles. The molecule has 9 nitrogen and oxygen atoms in total. The number of nitrogens with one attached hydrogen (secondary N) is 1. The first kappa shape index (κ1) is 25.7. The zero-order chi connectivity index (χ0) is 25.8. The van der Waals surface area contributed by atoms with Crippen molar-refractivity contribution < 1.29 is 38.5 Å². The fourth-order valence-electron chi connectivity index (χ4n) is 3.83. The van der Waals surface area contributed by atoms with Crippen LogP contribution in [0.15, 0.2) is 48.5 Å². The Labute approximate surface area is 203 Å². The highest BCUT2D eigenvalue weighted by atomic mass is 16.6. The third-order valence-corrected chi connectivity index (χ3v) is 5.35. The van der Waals surface area contributed by atoms with E-state index in [2.05, 4.69) is 5.32 Å². The smallest absolute Gasteiger partial charge is 0.407 e. The zero-order valence-corrected chi connectivity index (χ0v) is 20.1. The molecule has 0 unspecified atom stereocenters. The summed E-state index contributed by atoms with van der Waals surface area (Å²) in [5.74, 6) is -3.41. The molecule has 3 rings (SSSR count). The molecule has 35 heavy (non-hydrogen) atoms. The fourth-order valence-corrected chi connectivity index (χ4v) is 3.83. The highest BCUT2D eigenvalue weighted by molar-refractivity contribution is 5.88. The molecule has 0 fully saturated rings. The van der Waals surface area contributed by atoms with E-state index in [0.29, 0.717) is 0 Å². The van der Waals surface area contributed by atoms with Crippen molar-refractivity contribution in [2.75, 3.05) is 6.61 Å². The number of benzene rings is 2. The lowest BCUT2D eigenvalue weighted by atomic mass is 9.98. The van der Waals surface area contributed by atoms with Gasteiger partial charge in [-0.1, -0.05) is 48.5 Å².